The molecule has 0 aliphatic carbocycles. The summed E-state index contributed by atoms with van der Waals surface area (Å²) in [6, 6.07) is 14.8. The number of nitrogens with one attached hydrogen (secondary N) is 2. The number of nitrogens with zero attached hydrogens (tertiary/aromatic N) is 1. The third-order valence-electron chi connectivity index (χ3n) is 4.21. The fourth-order valence-corrected chi connectivity index (χ4v) is 3.35. The van der Waals surface area contributed by atoms with Gasteiger partial charge in [0.15, 0.2) is 0 Å². The van der Waals surface area contributed by atoms with Crippen molar-refractivity contribution < 1.29 is 9.59 Å². The van der Waals surface area contributed by atoms with Crippen LogP contribution in [0.5, 0.6) is 0 Å². The van der Waals surface area contributed by atoms with Crippen LogP contribution in [-0.4, -0.2) is 18.5 Å². The van der Waals surface area contributed by atoms with Crippen LogP contribution in [0.3, 0.4) is 0 Å². The van der Waals surface area contributed by atoms with Gasteiger partial charge in [-0.2, -0.15) is 0 Å². The number of amides is 3. The van der Waals surface area contributed by atoms with Gasteiger partial charge in [0.1, 0.15) is 0 Å². The molecule has 130 valence electrons. The molecular formula is C19H20BrN3O2. The first-order chi connectivity index (χ1) is 12.0. The average Bonchev–Trinajstić information content (AvgIpc) is 3.01. The molecule has 0 aromatic heterocycles. The summed E-state index contributed by atoms with van der Waals surface area (Å²) in [6.07, 6.45) is 1.40. The number of benzene rings is 2. The van der Waals surface area contributed by atoms with Gasteiger partial charge < -0.3 is 15.5 Å². The van der Waals surface area contributed by atoms with E-state index in [1.807, 2.05) is 55.5 Å². The first kappa shape index (κ1) is 17.5. The Labute approximate surface area is 155 Å². The van der Waals surface area contributed by atoms with Crippen molar-refractivity contribution in [3.63, 3.8) is 0 Å². The van der Waals surface area contributed by atoms with Gasteiger partial charge in [-0.25, -0.2) is 4.79 Å². The molecule has 1 saturated heterocycles. The predicted molar refractivity (Wildman–Crippen MR) is 103 cm³/mol. The zero-order chi connectivity index (χ0) is 17.8. The van der Waals surface area contributed by atoms with E-state index in [0.29, 0.717) is 18.7 Å². The molecule has 1 atom stereocenters. The van der Waals surface area contributed by atoms with Crippen LogP contribution in [0.2, 0.25) is 0 Å². The zero-order valence-corrected chi connectivity index (χ0v) is 15.5. The van der Waals surface area contributed by atoms with Crippen LogP contribution in [0, 0.1) is 0 Å². The molecule has 1 fully saturated rings. The van der Waals surface area contributed by atoms with E-state index < -0.39 is 0 Å². The van der Waals surface area contributed by atoms with Gasteiger partial charge in [0.05, 0.1) is 17.4 Å². The summed E-state index contributed by atoms with van der Waals surface area (Å²) in [4.78, 5) is 26.1. The number of hydrogen-bond donors (Lipinski definition) is 2. The summed E-state index contributed by atoms with van der Waals surface area (Å²) in [5.41, 5.74) is 2.39. The second-order valence-corrected chi connectivity index (χ2v) is 6.96. The van der Waals surface area contributed by atoms with Gasteiger partial charge in [-0.1, -0.05) is 40.2 Å². The molecule has 0 saturated carbocycles. The van der Waals surface area contributed by atoms with Gasteiger partial charge >= 0.3 is 6.03 Å². The number of urea groups is 1. The third-order valence-corrected chi connectivity index (χ3v) is 4.71. The van der Waals surface area contributed by atoms with Crippen LogP contribution in [0.4, 0.5) is 16.2 Å². The van der Waals surface area contributed by atoms with Crippen molar-refractivity contribution in [2.75, 3.05) is 16.8 Å². The summed E-state index contributed by atoms with van der Waals surface area (Å²) < 4.78 is 0.969. The van der Waals surface area contributed by atoms with Crippen molar-refractivity contribution in [3.05, 3.63) is 58.6 Å². The van der Waals surface area contributed by atoms with Crippen LogP contribution in [0.1, 0.15) is 31.4 Å². The largest absolute Gasteiger partial charge is 0.331 e. The molecule has 0 unspecified atom stereocenters. The second-order valence-electron chi connectivity index (χ2n) is 6.04. The molecule has 3 amide bonds. The smallest absolute Gasteiger partial charge is 0.319 e. The molecule has 1 aliphatic heterocycles. The number of hydrogen-bond acceptors (Lipinski definition) is 2. The lowest BCUT2D eigenvalue weighted by molar-refractivity contribution is -0.117. The third kappa shape index (κ3) is 4.20. The maximum absolute atomic E-state index is 12.4. The van der Waals surface area contributed by atoms with Crippen molar-refractivity contribution in [1.82, 2.24) is 5.32 Å². The molecule has 2 aromatic carbocycles. The Hall–Kier alpha value is -2.34. The van der Waals surface area contributed by atoms with Crippen molar-refractivity contribution in [1.29, 1.82) is 0 Å². The highest BCUT2D eigenvalue weighted by molar-refractivity contribution is 9.10. The second kappa shape index (κ2) is 7.70. The van der Waals surface area contributed by atoms with E-state index in [0.717, 1.165) is 22.1 Å². The highest BCUT2D eigenvalue weighted by atomic mass is 79.9. The zero-order valence-electron chi connectivity index (χ0n) is 14.0. The number of halogens is 1. The Kier molecular flexibility index (Phi) is 5.38. The Morgan fingerprint density at radius 2 is 2.00 bits per heavy atom. The van der Waals surface area contributed by atoms with Crippen molar-refractivity contribution in [2.45, 2.75) is 25.8 Å². The molecule has 1 aliphatic rings. The number of rotatable bonds is 4. The molecule has 25 heavy (non-hydrogen) atoms. The SMILES string of the molecule is C[C@H](NC(=O)Nc1ccccc1N1CCCC1=O)c1cccc(Br)c1. The fourth-order valence-electron chi connectivity index (χ4n) is 2.93. The Morgan fingerprint density at radius 3 is 2.72 bits per heavy atom. The highest BCUT2D eigenvalue weighted by Crippen LogP contribution is 2.29. The van der Waals surface area contributed by atoms with E-state index in [1.54, 1.807) is 4.90 Å². The molecular weight excluding hydrogens is 382 g/mol. The molecule has 1 heterocycles. The summed E-state index contributed by atoms with van der Waals surface area (Å²) in [7, 11) is 0. The van der Waals surface area contributed by atoms with E-state index in [4.69, 9.17) is 0 Å². The first-order valence-electron chi connectivity index (χ1n) is 8.27. The van der Waals surface area contributed by atoms with Crippen molar-refractivity contribution >= 4 is 39.2 Å². The van der Waals surface area contributed by atoms with Gasteiger partial charge in [-0.05, 0) is 43.2 Å². The van der Waals surface area contributed by atoms with Crippen LogP contribution in [0.25, 0.3) is 0 Å². The molecule has 0 bridgehead atoms. The van der Waals surface area contributed by atoms with E-state index in [9.17, 15) is 9.59 Å². The lowest BCUT2D eigenvalue weighted by Gasteiger charge is -2.21. The van der Waals surface area contributed by atoms with Gasteiger partial charge in [0, 0.05) is 17.4 Å². The van der Waals surface area contributed by atoms with Crippen molar-refractivity contribution in [2.24, 2.45) is 0 Å². The summed E-state index contributed by atoms with van der Waals surface area (Å²) in [5, 5.41) is 5.79. The van der Waals surface area contributed by atoms with E-state index in [2.05, 4.69) is 26.6 Å². The van der Waals surface area contributed by atoms with Gasteiger partial charge in [0.25, 0.3) is 0 Å². The lowest BCUT2D eigenvalue weighted by Crippen LogP contribution is -2.32. The number of anilines is 2. The Bertz CT molecular complexity index is 794. The molecule has 0 spiro atoms. The molecule has 0 radical (unpaired) electrons. The molecule has 3 rings (SSSR count). The molecule has 6 heteroatoms. The standard InChI is InChI=1S/C19H20BrN3O2/c1-13(14-6-4-7-15(20)12-14)21-19(25)22-16-8-2-3-9-17(16)23-11-5-10-18(23)24/h2-4,6-9,12-13H,5,10-11H2,1H3,(H2,21,22,25)/t13-/m0/s1. The molecule has 5 nitrogen and oxygen atoms in total. The van der Waals surface area contributed by atoms with Crippen LogP contribution in [0.15, 0.2) is 53.0 Å². The normalized spacial score (nSPS) is 15.1. The number of carbonyl (C=O) groups excluding carboxylic acids is 2. The maximum atomic E-state index is 12.4. The van der Waals surface area contributed by atoms with Crippen LogP contribution >= 0.6 is 15.9 Å². The van der Waals surface area contributed by atoms with Gasteiger partial charge in [-0.3, -0.25) is 4.79 Å². The average molecular weight is 402 g/mol. The lowest BCUT2D eigenvalue weighted by atomic mass is 10.1. The van der Waals surface area contributed by atoms with Crippen LogP contribution in [-0.2, 0) is 4.79 Å². The fraction of sp³-hybridized carbons (Fsp3) is 0.263. The Morgan fingerprint density at radius 1 is 1.20 bits per heavy atom. The quantitative estimate of drug-likeness (QED) is 0.794. The topological polar surface area (TPSA) is 61.4 Å². The van der Waals surface area contributed by atoms with Gasteiger partial charge in [-0.15, -0.1) is 0 Å². The maximum Gasteiger partial charge on any atom is 0.319 e. The molecule has 2 N–H and O–H groups in total. The first-order valence-corrected chi connectivity index (χ1v) is 9.06. The minimum Gasteiger partial charge on any atom is -0.331 e. The van der Waals surface area contributed by atoms with Crippen molar-refractivity contribution in [3.8, 4) is 0 Å². The van der Waals surface area contributed by atoms with Gasteiger partial charge in [0.2, 0.25) is 5.91 Å². The minimum atomic E-state index is -0.299. The van der Waals surface area contributed by atoms with Crippen LogP contribution < -0.4 is 15.5 Å². The number of para-hydroxylation sites is 2. The Balaban J connectivity index is 1.70. The number of carbonyl (C=O) groups is 2. The highest BCUT2D eigenvalue weighted by Gasteiger charge is 2.24. The minimum absolute atomic E-state index is 0.0946. The predicted octanol–water partition coefficient (Wildman–Crippen LogP) is 4.46. The van der Waals surface area contributed by atoms with E-state index in [1.165, 1.54) is 0 Å². The monoisotopic (exact) mass is 401 g/mol. The summed E-state index contributed by atoms with van der Waals surface area (Å²) in [6.45, 7) is 2.62. The van der Waals surface area contributed by atoms with E-state index in [-0.39, 0.29) is 18.0 Å². The summed E-state index contributed by atoms with van der Waals surface area (Å²) in [5.74, 6) is 0.0946. The molecule has 2 aromatic rings. The summed E-state index contributed by atoms with van der Waals surface area (Å²) >= 11 is 3.44. The van der Waals surface area contributed by atoms with E-state index >= 15 is 0 Å².